The van der Waals surface area contributed by atoms with E-state index in [4.69, 9.17) is 0 Å². The lowest BCUT2D eigenvalue weighted by Gasteiger charge is -2.31. The van der Waals surface area contributed by atoms with Crippen molar-refractivity contribution in [2.75, 3.05) is 6.61 Å². The number of hydrogen-bond acceptors (Lipinski definition) is 3. The number of aryl methyl sites for hydroxylation is 1. The second-order valence-electron chi connectivity index (χ2n) is 5.24. The zero-order valence-electron chi connectivity index (χ0n) is 11.2. The fourth-order valence-corrected chi connectivity index (χ4v) is 2.12. The topological polar surface area (TPSA) is 50.1 Å². The van der Waals surface area contributed by atoms with Gasteiger partial charge < -0.3 is 10.4 Å². The summed E-state index contributed by atoms with van der Waals surface area (Å²) in [6, 6.07) is 2.34. The fourth-order valence-electron chi connectivity index (χ4n) is 2.12. The average molecular weight is 239 g/mol. The highest BCUT2D eigenvalue weighted by atomic mass is 16.3. The summed E-state index contributed by atoms with van der Waals surface area (Å²) in [5.74, 6) is 0. The first-order valence-corrected chi connectivity index (χ1v) is 6.42. The quantitative estimate of drug-likeness (QED) is 0.680. The van der Waals surface area contributed by atoms with Crippen molar-refractivity contribution in [1.29, 1.82) is 0 Å². The van der Waals surface area contributed by atoms with E-state index >= 15 is 0 Å². The summed E-state index contributed by atoms with van der Waals surface area (Å²) in [4.78, 5) is 0. The Morgan fingerprint density at radius 3 is 2.71 bits per heavy atom. The van der Waals surface area contributed by atoms with Gasteiger partial charge in [-0.15, -0.1) is 0 Å². The first kappa shape index (κ1) is 14.2. The Kier molecular flexibility index (Phi) is 5.65. The van der Waals surface area contributed by atoms with Crippen LogP contribution in [0, 0.1) is 0 Å². The van der Waals surface area contributed by atoms with Crippen molar-refractivity contribution in [2.24, 2.45) is 0 Å². The Morgan fingerprint density at radius 2 is 2.18 bits per heavy atom. The number of aliphatic hydroxyl groups excluding tert-OH is 1. The van der Waals surface area contributed by atoms with E-state index in [1.165, 1.54) is 0 Å². The van der Waals surface area contributed by atoms with Gasteiger partial charge in [-0.25, -0.2) is 0 Å². The van der Waals surface area contributed by atoms with Crippen LogP contribution in [-0.2, 0) is 6.54 Å². The molecular formula is C13H25N3O. The number of nitrogens with one attached hydrogen (secondary N) is 1. The van der Waals surface area contributed by atoms with Crippen LogP contribution < -0.4 is 5.32 Å². The van der Waals surface area contributed by atoms with E-state index < -0.39 is 0 Å². The Hall–Kier alpha value is -0.870. The molecule has 0 aliphatic rings. The number of unbranched alkanes of at least 4 members (excludes halogenated alkanes) is 1. The van der Waals surface area contributed by atoms with Crippen molar-refractivity contribution in [3.8, 4) is 0 Å². The van der Waals surface area contributed by atoms with Gasteiger partial charge in [-0.3, -0.25) is 4.68 Å². The Bertz CT molecular complexity index is 298. The highest BCUT2D eigenvalue weighted by Gasteiger charge is 2.22. The molecule has 2 N–H and O–H groups in total. The third kappa shape index (κ3) is 5.33. The summed E-state index contributed by atoms with van der Waals surface area (Å²) < 4.78 is 1.95. The molecule has 0 aliphatic carbocycles. The zero-order chi connectivity index (χ0) is 12.7. The van der Waals surface area contributed by atoms with E-state index in [1.54, 1.807) is 6.20 Å². The summed E-state index contributed by atoms with van der Waals surface area (Å²) in [6.45, 7) is 7.44. The lowest BCUT2D eigenvalue weighted by Crippen LogP contribution is -2.49. The predicted molar refractivity (Wildman–Crippen MR) is 69.8 cm³/mol. The molecule has 0 saturated carbocycles. The molecule has 1 heterocycles. The van der Waals surface area contributed by atoms with Crippen LogP contribution in [0.15, 0.2) is 18.5 Å². The summed E-state index contributed by atoms with van der Waals surface area (Å²) in [5.41, 5.74) is -0.154. The predicted octanol–water partition coefficient (Wildman–Crippen LogP) is 1.80. The lowest BCUT2D eigenvalue weighted by atomic mass is 9.95. The van der Waals surface area contributed by atoms with Crippen molar-refractivity contribution < 1.29 is 5.11 Å². The van der Waals surface area contributed by atoms with Crippen LogP contribution in [0.5, 0.6) is 0 Å². The van der Waals surface area contributed by atoms with Crippen molar-refractivity contribution in [3.05, 3.63) is 18.5 Å². The monoisotopic (exact) mass is 239 g/mol. The molecule has 0 aromatic carbocycles. The second-order valence-corrected chi connectivity index (χ2v) is 5.24. The van der Waals surface area contributed by atoms with Crippen LogP contribution in [0.4, 0.5) is 0 Å². The molecule has 4 nitrogen and oxygen atoms in total. The zero-order valence-corrected chi connectivity index (χ0v) is 11.2. The van der Waals surface area contributed by atoms with Crippen LogP contribution in [0.2, 0.25) is 0 Å². The van der Waals surface area contributed by atoms with Gasteiger partial charge in [-0.2, -0.15) is 5.10 Å². The van der Waals surface area contributed by atoms with Gasteiger partial charge in [0.15, 0.2) is 0 Å². The number of rotatable bonds is 8. The molecule has 98 valence electrons. The van der Waals surface area contributed by atoms with E-state index in [2.05, 4.69) is 31.2 Å². The molecule has 0 aliphatic heterocycles. The SMILES string of the molecule is CC(C)NC(C)(CO)CCCCn1cccn1. The van der Waals surface area contributed by atoms with Crippen molar-refractivity contribution in [3.63, 3.8) is 0 Å². The maximum absolute atomic E-state index is 9.44. The minimum Gasteiger partial charge on any atom is -0.394 e. The largest absolute Gasteiger partial charge is 0.394 e. The second kappa shape index (κ2) is 6.77. The molecule has 0 amide bonds. The molecule has 0 bridgehead atoms. The maximum Gasteiger partial charge on any atom is 0.0610 e. The summed E-state index contributed by atoms with van der Waals surface area (Å²) in [5, 5.41) is 17.0. The molecule has 4 heteroatoms. The summed E-state index contributed by atoms with van der Waals surface area (Å²) in [6.07, 6.45) is 6.96. The first-order valence-electron chi connectivity index (χ1n) is 6.42. The average Bonchev–Trinajstić information content (AvgIpc) is 2.76. The number of hydrogen-bond donors (Lipinski definition) is 2. The Balaban J connectivity index is 2.23. The van der Waals surface area contributed by atoms with Gasteiger partial charge in [0, 0.05) is 30.5 Å². The summed E-state index contributed by atoms with van der Waals surface area (Å²) >= 11 is 0. The van der Waals surface area contributed by atoms with Gasteiger partial charge >= 0.3 is 0 Å². The molecule has 0 spiro atoms. The van der Waals surface area contributed by atoms with E-state index in [-0.39, 0.29) is 12.1 Å². The van der Waals surface area contributed by atoms with Gasteiger partial charge in [0.25, 0.3) is 0 Å². The van der Waals surface area contributed by atoms with Crippen molar-refractivity contribution >= 4 is 0 Å². The van der Waals surface area contributed by atoms with Gasteiger partial charge in [0.2, 0.25) is 0 Å². The first-order chi connectivity index (χ1) is 8.06. The molecule has 17 heavy (non-hydrogen) atoms. The molecule has 1 atom stereocenters. The fraction of sp³-hybridized carbons (Fsp3) is 0.769. The number of nitrogens with zero attached hydrogens (tertiary/aromatic N) is 2. The van der Waals surface area contributed by atoms with Gasteiger partial charge in [0.05, 0.1) is 6.61 Å². The van der Waals surface area contributed by atoms with Crippen LogP contribution in [0.25, 0.3) is 0 Å². The van der Waals surface area contributed by atoms with Crippen LogP contribution >= 0.6 is 0 Å². The molecule has 0 fully saturated rings. The van der Waals surface area contributed by atoms with Crippen molar-refractivity contribution in [1.82, 2.24) is 15.1 Å². The Labute approximate surface area is 104 Å². The van der Waals surface area contributed by atoms with E-state index in [0.29, 0.717) is 6.04 Å². The summed E-state index contributed by atoms with van der Waals surface area (Å²) in [7, 11) is 0. The molecule has 1 rings (SSSR count). The van der Waals surface area contributed by atoms with Crippen molar-refractivity contribution in [2.45, 2.75) is 58.2 Å². The van der Waals surface area contributed by atoms with E-state index in [1.807, 2.05) is 16.9 Å². The molecule has 0 radical (unpaired) electrons. The van der Waals surface area contributed by atoms with Gasteiger partial charge in [-0.05, 0) is 32.3 Å². The normalized spacial score (nSPS) is 15.1. The van der Waals surface area contributed by atoms with Crippen LogP contribution in [0.1, 0.15) is 40.0 Å². The Morgan fingerprint density at radius 1 is 1.41 bits per heavy atom. The lowest BCUT2D eigenvalue weighted by molar-refractivity contribution is 0.153. The molecular weight excluding hydrogens is 214 g/mol. The smallest absolute Gasteiger partial charge is 0.0610 e. The standard InChI is InChI=1S/C13H25N3O/c1-12(2)15-13(3,11-17)7-4-5-9-16-10-6-8-14-16/h6,8,10,12,15,17H,4-5,7,9,11H2,1-3H3. The van der Waals surface area contributed by atoms with Gasteiger partial charge in [0.1, 0.15) is 0 Å². The molecule has 0 saturated heterocycles. The third-order valence-corrected chi connectivity index (χ3v) is 2.91. The van der Waals surface area contributed by atoms with Crippen LogP contribution in [0.3, 0.4) is 0 Å². The minimum atomic E-state index is -0.154. The highest BCUT2D eigenvalue weighted by Crippen LogP contribution is 2.14. The minimum absolute atomic E-state index is 0.154. The maximum atomic E-state index is 9.44. The third-order valence-electron chi connectivity index (χ3n) is 2.91. The molecule has 1 unspecified atom stereocenters. The van der Waals surface area contributed by atoms with E-state index in [0.717, 1.165) is 25.8 Å². The number of aliphatic hydroxyl groups is 1. The molecule has 1 aromatic rings. The molecule has 1 aromatic heterocycles. The number of aromatic nitrogens is 2. The van der Waals surface area contributed by atoms with E-state index in [9.17, 15) is 5.11 Å². The van der Waals surface area contributed by atoms with Gasteiger partial charge in [-0.1, -0.05) is 13.8 Å². The highest BCUT2D eigenvalue weighted by molar-refractivity contribution is 4.84. The van der Waals surface area contributed by atoms with Crippen LogP contribution in [-0.4, -0.2) is 33.1 Å².